The maximum Gasteiger partial charge on any atom is 0.262 e. The number of hydrogen-bond donors (Lipinski definition) is 2. The Bertz CT molecular complexity index is 677. The summed E-state index contributed by atoms with van der Waals surface area (Å²) < 4.78 is 19.8. The van der Waals surface area contributed by atoms with Crippen LogP contribution in [0.2, 0.25) is 0 Å². The zero-order valence-electron chi connectivity index (χ0n) is 11.3. The van der Waals surface area contributed by atoms with Crippen molar-refractivity contribution in [1.82, 2.24) is 0 Å². The average Bonchev–Trinajstić information content (AvgIpc) is 2.44. The SMILES string of the molecule is Cc1ccc(Br)cc1OCC(=O)Nc1cc(N)ccc1F. The average molecular weight is 353 g/mol. The number of halogens is 2. The van der Waals surface area contributed by atoms with Crippen LogP contribution < -0.4 is 15.8 Å². The predicted octanol–water partition coefficient (Wildman–Crippen LogP) is 3.50. The second-order valence-electron chi connectivity index (χ2n) is 4.49. The lowest BCUT2D eigenvalue weighted by atomic mass is 10.2. The van der Waals surface area contributed by atoms with Crippen LogP contribution >= 0.6 is 15.9 Å². The summed E-state index contributed by atoms with van der Waals surface area (Å²) in [4.78, 5) is 11.8. The number of carbonyl (C=O) groups excluding carboxylic acids is 1. The molecule has 3 N–H and O–H groups in total. The number of ether oxygens (including phenoxy) is 1. The lowest BCUT2D eigenvalue weighted by molar-refractivity contribution is -0.118. The van der Waals surface area contributed by atoms with E-state index in [1.165, 1.54) is 18.2 Å². The van der Waals surface area contributed by atoms with Crippen molar-refractivity contribution in [2.24, 2.45) is 0 Å². The zero-order chi connectivity index (χ0) is 15.4. The van der Waals surface area contributed by atoms with Crippen molar-refractivity contribution in [1.29, 1.82) is 0 Å². The predicted molar refractivity (Wildman–Crippen MR) is 83.8 cm³/mol. The molecule has 0 spiro atoms. The lowest BCUT2D eigenvalue weighted by Crippen LogP contribution is -2.21. The van der Waals surface area contributed by atoms with Gasteiger partial charge in [-0.3, -0.25) is 4.79 Å². The van der Waals surface area contributed by atoms with Gasteiger partial charge in [0.25, 0.3) is 5.91 Å². The highest BCUT2D eigenvalue weighted by atomic mass is 79.9. The van der Waals surface area contributed by atoms with Crippen LogP contribution in [0.4, 0.5) is 15.8 Å². The van der Waals surface area contributed by atoms with Crippen molar-refractivity contribution in [3.8, 4) is 5.75 Å². The topological polar surface area (TPSA) is 64.3 Å². The van der Waals surface area contributed by atoms with Crippen LogP contribution in [0, 0.1) is 12.7 Å². The molecule has 0 unspecified atom stereocenters. The molecular weight excluding hydrogens is 339 g/mol. The van der Waals surface area contributed by atoms with Gasteiger partial charge in [-0.25, -0.2) is 4.39 Å². The van der Waals surface area contributed by atoms with Gasteiger partial charge in [-0.15, -0.1) is 0 Å². The molecule has 21 heavy (non-hydrogen) atoms. The van der Waals surface area contributed by atoms with Crippen molar-refractivity contribution in [3.05, 3.63) is 52.3 Å². The molecule has 6 heteroatoms. The Hall–Kier alpha value is -2.08. The Labute approximate surface area is 130 Å². The molecule has 1 amide bonds. The highest BCUT2D eigenvalue weighted by molar-refractivity contribution is 9.10. The van der Waals surface area contributed by atoms with Gasteiger partial charge in [-0.2, -0.15) is 0 Å². The first-order chi connectivity index (χ1) is 9.95. The van der Waals surface area contributed by atoms with Crippen LogP contribution in [0.15, 0.2) is 40.9 Å². The molecule has 0 aromatic heterocycles. The highest BCUT2D eigenvalue weighted by Crippen LogP contribution is 2.23. The second kappa shape index (κ2) is 6.58. The van der Waals surface area contributed by atoms with Crippen molar-refractivity contribution in [2.45, 2.75) is 6.92 Å². The molecule has 0 bridgehead atoms. The molecule has 0 heterocycles. The van der Waals surface area contributed by atoms with E-state index >= 15 is 0 Å². The molecule has 0 radical (unpaired) electrons. The molecule has 0 aliphatic rings. The molecule has 2 rings (SSSR count). The number of nitrogens with one attached hydrogen (secondary N) is 1. The van der Waals surface area contributed by atoms with Gasteiger partial charge in [0.05, 0.1) is 5.69 Å². The van der Waals surface area contributed by atoms with E-state index in [0.717, 1.165) is 10.0 Å². The number of hydrogen-bond acceptors (Lipinski definition) is 3. The summed E-state index contributed by atoms with van der Waals surface area (Å²) in [5.74, 6) is -0.414. The molecule has 0 saturated carbocycles. The molecule has 0 aliphatic heterocycles. The first kappa shape index (κ1) is 15.3. The number of aryl methyl sites for hydroxylation is 1. The maximum absolute atomic E-state index is 13.5. The normalized spacial score (nSPS) is 10.2. The van der Waals surface area contributed by atoms with E-state index < -0.39 is 11.7 Å². The van der Waals surface area contributed by atoms with Gasteiger partial charge in [-0.05, 0) is 42.8 Å². The van der Waals surface area contributed by atoms with Gasteiger partial charge in [0.2, 0.25) is 0 Å². The van der Waals surface area contributed by atoms with E-state index in [0.29, 0.717) is 11.4 Å². The third-order valence-corrected chi connectivity index (χ3v) is 3.27. The summed E-state index contributed by atoms with van der Waals surface area (Å²) >= 11 is 3.33. The van der Waals surface area contributed by atoms with Crippen LogP contribution in [-0.4, -0.2) is 12.5 Å². The molecule has 0 atom stereocenters. The molecule has 110 valence electrons. The largest absolute Gasteiger partial charge is 0.483 e. The minimum absolute atomic E-state index is 0.0366. The Morgan fingerprint density at radius 1 is 1.33 bits per heavy atom. The summed E-state index contributed by atoms with van der Waals surface area (Å²) in [5, 5.41) is 2.42. The summed E-state index contributed by atoms with van der Waals surface area (Å²) in [6.07, 6.45) is 0. The van der Waals surface area contributed by atoms with Crippen molar-refractivity contribution in [3.63, 3.8) is 0 Å². The number of rotatable bonds is 4. The Balaban J connectivity index is 1.99. The third kappa shape index (κ3) is 4.19. The summed E-state index contributed by atoms with van der Waals surface area (Å²) in [6.45, 7) is 1.66. The molecule has 0 saturated heterocycles. The van der Waals surface area contributed by atoms with E-state index in [4.69, 9.17) is 10.5 Å². The Morgan fingerprint density at radius 2 is 2.10 bits per heavy atom. The van der Waals surface area contributed by atoms with Crippen molar-refractivity contribution in [2.75, 3.05) is 17.7 Å². The smallest absolute Gasteiger partial charge is 0.262 e. The fraction of sp³-hybridized carbons (Fsp3) is 0.133. The number of anilines is 2. The quantitative estimate of drug-likeness (QED) is 0.827. The van der Waals surface area contributed by atoms with Gasteiger partial charge >= 0.3 is 0 Å². The molecule has 2 aromatic carbocycles. The van der Waals surface area contributed by atoms with Crippen LogP contribution in [0.25, 0.3) is 0 Å². The molecule has 0 fully saturated rings. The fourth-order valence-corrected chi connectivity index (χ4v) is 2.04. The number of nitrogen functional groups attached to an aromatic ring is 1. The fourth-order valence-electron chi connectivity index (χ4n) is 1.70. The van der Waals surface area contributed by atoms with Gasteiger partial charge in [-0.1, -0.05) is 22.0 Å². The van der Waals surface area contributed by atoms with Crippen LogP contribution in [0.3, 0.4) is 0 Å². The number of benzene rings is 2. The van der Waals surface area contributed by atoms with E-state index in [2.05, 4.69) is 21.2 Å². The van der Waals surface area contributed by atoms with Crippen LogP contribution in [0.5, 0.6) is 5.75 Å². The lowest BCUT2D eigenvalue weighted by Gasteiger charge is -2.10. The Morgan fingerprint density at radius 3 is 2.86 bits per heavy atom. The van der Waals surface area contributed by atoms with E-state index in [-0.39, 0.29) is 12.3 Å². The zero-order valence-corrected chi connectivity index (χ0v) is 12.9. The van der Waals surface area contributed by atoms with Gasteiger partial charge in [0, 0.05) is 10.2 Å². The molecular formula is C15H14BrFN2O2. The first-order valence-electron chi connectivity index (χ1n) is 6.19. The maximum atomic E-state index is 13.5. The molecule has 2 aromatic rings. The van der Waals surface area contributed by atoms with E-state index in [9.17, 15) is 9.18 Å². The summed E-state index contributed by atoms with van der Waals surface area (Å²) in [6, 6.07) is 9.50. The standard InChI is InChI=1S/C15H14BrFN2O2/c1-9-2-3-10(16)6-14(9)21-8-15(20)19-13-7-11(18)4-5-12(13)17/h2-7H,8,18H2,1H3,(H,19,20). The summed E-state index contributed by atoms with van der Waals surface area (Å²) in [5.41, 5.74) is 6.86. The van der Waals surface area contributed by atoms with Crippen molar-refractivity contribution >= 4 is 33.2 Å². The molecule has 0 aliphatic carbocycles. The van der Waals surface area contributed by atoms with E-state index in [1.54, 1.807) is 6.07 Å². The number of nitrogens with two attached hydrogens (primary N) is 1. The monoisotopic (exact) mass is 352 g/mol. The number of amides is 1. The highest BCUT2D eigenvalue weighted by Gasteiger charge is 2.09. The van der Waals surface area contributed by atoms with Crippen molar-refractivity contribution < 1.29 is 13.9 Å². The van der Waals surface area contributed by atoms with Gasteiger partial charge < -0.3 is 15.8 Å². The summed E-state index contributed by atoms with van der Waals surface area (Å²) in [7, 11) is 0. The van der Waals surface area contributed by atoms with Crippen LogP contribution in [-0.2, 0) is 4.79 Å². The van der Waals surface area contributed by atoms with Crippen LogP contribution in [0.1, 0.15) is 5.56 Å². The van der Waals surface area contributed by atoms with E-state index in [1.807, 2.05) is 19.1 Å². The third-order valence-electron chi connectivity index (χ3n) is 2.77. The minimum atomic E-state index is -0.545. The van der Waals surface area contributed by atoms with Gasteiger partial charge in [0.1, 0.15) is 11.6 Å². The molecule has 4 nitrogen and oxygen atoms in total. The minimum Gasteiger partial charge on any atom is -0.483 e. The second-order valence-corrected chi connectivity index (χ2v) is 5.40. The van der Waals surface area contributed by atoms with Gasteiger partial charge in [0.15, 0.2) is 6.61 Å². The first-order valence-corrected chi connectivity index (χ1v) is 6.99. The Kier molecular flexibility index (Phi) is 4.80. The number of carbonyl (C=O) groups is 1.